The van der Waals surface area contributed by atoms with Crippen molar-refractivity contribution in [3.05, 3.63) is 75.3 Å². The fraction of sp³-hybridized carbons (Fsp3) is 0.442. The van der Waals surface area contributed by atoms with Gasteiger partial charge in [-0.25, -0.2) is 9.97 Å². The van der Waals surface area contributed by atoms with Crippen LogP contribution in [0.3, 0.4) is 0 Å². The van der Waals surface area contributed by atoms with E-state index in [9.17, 15) is 33.6 Å². The molecule has 1 unspecified atom stereocenters. The zero-order valence-electron chi connectivity index (χ0n) is 33.8. The number of amides is 5. The molecule has 17 heteroatoms. The highest BCUT2D eigenvalue weighted by Gasteiger charge is 2.45. The Balaban J connectivity index is 0.787. The monoisotopic (exact) mass is 816 g/mol. The quantitative estimate of drug-likeness (QED) is 0.0980. The summed E-state index contributed by atoms with van der Waals surface area (Å²) in [5.74, 6) is -2.02. The molecule has 0 spiro atoms. The van der Waals surface area contributed by atoms with Gasteiger partial charge in [0, 0.05) is 56.6 Å². The first kappa shape index (κ1) is 40.4. The van der Waals surface area contributed by atoms with Gasteiger partial charge in [-0.2, -0.15) is 4.98 Å². The van der Waals surface area contributed by atoms with Crippen LogP contribution in [0.15, 0.2) is 47.5 Å². The van der Waals surface area contributed by atoms with E-state index in [2.05, 4.69) is 35.7 Å². The second kappa shape index (κ2) is 17.1. The molecule has 312 valence electrons. The number of benzene rings is 1. The number of pyridine rings is 2. The van der Waals surface area contributed by atoms with Crippen molar-refractivity contribution in [1.29, 1.82) is 0 Å². The molecule has 0 bridgehead atoms. The Morgan fingerprint density at radius 2 is 1.67 bits per heavy atom. The maximum Gasteiger partial charge on any atom is 0.264 e. The van der Waals surface area contributed by atoms with Gasteiger partial charge in [0.1, 0.15) is 17.5 Å². The van der Waals surface area contributed by atoms with Crippen LogP contribution in [0, 0.1) is 6.92 Å². The zero-order chi connectivity index (χ0) is 42.1. The Labute approximate surface area is 345 Å². The van der Waals surface area contributed by atoms with Crippen molar-refractivity contribution in [2.75, 3.05) is 48.3 Å². The summed E-state index contributed by atoms with van der Waals surface area (Å²) in [6.45, 7) is 7.57. The largest absolute Gasteiger partial charge is 0.368 e. The fourth-order valence-electron chi connectivity index (χ4n) is 8.93. The number of carbonyl (C=O) groups is 6. The van der Waals surface area contributed by atoms with Gasteiger partial charge in [-0.3, -0.25) is 53.2 Å². The minimum absolute atomic E-state index is 0.00444. The van der Waals surface area contributed by atoms with Crippen molar-refractivity contribution < 1.29 is 28.8 Å². The lowest BCUT2D eigenvalue weighted by Gasteiger charge is -2.36. The Morgan fingerprint density at radius 3 is 2.38 bits per heavy atom. The molecule has 1 aliphatic carbocycles. The van der Waals surface area contributed by atoms with Crippen molar-refractivity contribution in [2.45, 2.75) is 90.1 Å². The molecule has 4 aromatic rings. The highest BCUT2D eigenvalue weighted by Crippen LogP contribution is 2.34. The van der Waals surface area contributed by atoms with Gasteiger partial charge in [0.2, 0.25) is 23.7 Å². The number of anilines is 4. The van der Waals surface area contributed by atoms with E-state index in [4.69, 9.17) is 4.98 Å². The van der Waals surface area contributed by atoms with Gasteiger partial charge in [0.15, 0.2) is 5.78 Å². The number of nitrogens with zero attached hydrogens (tertiary/aromatic N) is 7. The van der Waals surface area contributed by atoms with Gasteiger partial charge < -0.3 is 15.5 Å². The number of carbonyl (C=O) groups excluding carboxylic acids is 6. The number of piperazine rings is 1. The SMILES string of the molecule is CC(=O)c1c(C)c2cnc(Nc3ccc(N4CCN(CCCCCC(=O)Nc5cccc6c5C(=O)N(C5CCC(=O)NC5=O)C6=O)CC4)cn3)nc2n(C2CCCC2)c1=O. The zero-order valence-corrected chi connectivity index (χ0v) is 33.8. The molecule has 2 saturated heterocycles. The summed E-state index contributed by atoms with van der Waals surface area (Å²) >= 11 is 0. The topological polar surface area (TPSA) is 209 Å². The lowest BCUT2D eigenvalue weighted by atomic mass is 10.0. The normalized spacial score (nSPS) is 18.6. The number of Topliss-reactive ketones (excluding diaryl/α,β-unsaturated/α-hetero) is 1. The molecule has 0 radical (unpaired) electrons. The first-order valence-electron chi connectivity index (χ1n) is 20.8. The smallest absolute Gasteiger partial charge is 0.264 e. The number of fused-ring (bicyclic) bond motifs is 2. The fourth-order valence-corrected chi connectivity index (χ4v) is 8.93. The standard InChI is InChI=1S/C43H48N10O7/c1-25-30-24-45-43(49-38(30)52(27-9-5-6-10-27)41(59)36(25)26(2)54)47-33-16-14-28(23-44-33)51-21-19-50(20-22-51)18-7-3-4-13-34(55)46-31-12-8-11-29-37(31)42(60)53(40(29)58)32-15-17-35(56)48-39(32)57/h8,11-12,14,16,23-24,27,32H,3-7,9-10,13,15,17-22H2,1-2H3,(H,46,55)(H,48,56,57)(H,44,45,47,49). The molecule has 4 aliphatic rings. The van der Waals surface area contributed by atoms with E-state index in [1.54, 1.807) is 29.8 Å². The minimum atomic E-state index is -1.08. The number of aromatic nitrogens is 4. The van der Waals surface area contributed by atoms with Crippen molar-refractivity contribution in [3.8, 4) is 0 Å². The highest BCUT2D eigenvalue weighted by atomic mass is 16.2. The lowest BCUT2D eigenvalue weighted by molar-refractivity contribution is -0.136. The molecular formula is C43H48N10O7. The molecular weight excluding hydrogens is 769 g/mol. The van der Waals surface area contributed by atoms with E-state index in [0.717, 1.165) is 81.8 Å². The predicted octanol–water partition coefficient (Wildman–Crippen LogP) is 4.28. The molecule has 1 saturated carbocycles. The Morgan fingerprint density at radius 1 is 0.883 bits per heavy atom. The van der Waals surface area contributed by atoms with Crippen LogP contribution in [0.4, 0.5) is 23.1 Å². The number of piperidine rings is 1. The van der Waals surface area contributed by atoms with Gasteiger partial charge >= 0.3 is 0 Å². The number of hydrogen-bond acceptors (Lipinski definition) is 13. The van der Waals surface area contributed by atoms with E-state index < -0.39 is 29.7 Å². The number of nitrogens with one attached hydrogen (secondary N) is 3. The maximum absolute atomic E-state index is 13.6. The van der Waals surface area contributed by atoms with Crippen LogP contribution in [0.5, 0.6) is 0 Å². The van der Waals surface area contributed by atoms with Crippen LogP contribution < -0.4 is 26.4 Å². The molecule has 1 aromatic carbocycles. The Hall–Kier alpha value is -6.36. The van der Waals surface area contributed by atoms with Gasteiger partial charge in [0.25, 0.3) is 17.4 Å². The van der Waals surface area contributed by atoms with E-state index in [1.807, 2.05) is 18.3 Å². The van der Waals surface area contributed by atoms with E-state index in [0.29, 0.717) is 34.8 Å². The van der Waals surface area contributed by atoms with Crippen molar-refractivity contribution in [1.82, 2.24) is 34.6 Å². The molecule has 17 nitrogen and oxygen atoms in total. The highest BCUT2D eigenvalue weighted by molar-refractivity contribution is 6.26. The summed E-state index contributed by atoms with van der Waals surface area (Å²) in [6.07, 6.45) is 10.1. The van der Waals surface area contributed by atoms with Gasteiger partial charge in [-0.05, 0) is 82.3 Å². The first-order valence-corrected chi connectivity index (χ1v) is 20.8. The number of unbranched alkanes of at least 4 members (excludes halogenated alkanes) is 2. The number of hydrogen-bond donors (Lipinski definition) is 3. The number of aryl methyl sites for hydroxylation is 1. The molecule has 3 aliphatic heterocycles. The van der Waals surface area contributed by atoms with Crippen LogP contribution in [-0.4, -0.2) is 103 Å². The third-order valence-electron chi connectivity index (χ3n) is 12.1. The third kappa shape index (κ3) is 8.00. The van der Waals surface area contributed by atoms with Gasteiger partial charge in [-0.1, -0.05) is 25.3 Å². The summed E-state index contributed by atoms with van der Waals surface area (Å²) in [5.41, 5.74) is 2.46. The van der Waals surface area contributed by atoms with Crippen LogP contribution in [0.25, 0.3) is 11.0 Å². The maximum atomic E-state index is 13.6. The molecule has 3 fully saturated rings. The summed E-state index contributed by atoms with van der Waals surface area (Å²) in [4.78, 5) is 109. The van der Waals surface area contributed by atoms with Crippen molar-refractivity contribution >= 4 is 69.5 Å². The summed E-state index contributed by atoms with van der Waals surface area (Å²) < 4.78 is 1.70. The summed E-state index contributed by atoms with van der Waals surface area (Å²) in [6, 6.07) is 7.48. The predicted molar refractivity (Wildman–Crippen MR) is 222 cm³/mol. The van der Waals surface area contributed by atoms with E-state index in [1.165, 1.54) is 13.0 Å². The Bertz CT molecular complexity index is 2450. The lowest BCUT2D eigenvalue weighted by Crippen LogP contribution is -2.54. The molecule has 1 atom stereocenters. The van der Waals surface area contributed by atoms with Gasteiger partial charge in [-0.15, -0.1) is 0 Å². The molecule has 60 heavy (non-hydrogen) atoms. The minimum Gasteiger partial charge on any atom is -0.368 e. The van der Waals surface area contributed by atoms with Crippen LogP contribution >= 0.6 is 0 Å². The van der Waals surface area contributed by atoms with E-state index in [-0.39, 0.29) is 64.9 Å². The number of imide groups is 2. The average Bonchev–Trinajstić information content (AvgIpc) is 3.85. The van der Waals surface area contributed by atoms with Crippen LogP contribution in [-0.2, 0) is 14.4 Å². The summed E-state index contributed by atoms with van der Waals surface area (Å²) in [7, 11) is 0. The average molecular weight is 817 g/mol. The third-order valence-corrected chi connectivity index (χ3v) is 12.1. The first-order chi connectivity index (χ1) is 29.0. The molecule has 3 aromatic heterocycles. The molecule has 3 N–H and O–H groups in total. The number of ketones is 1. The molecule has 8 rings (SSSR count). The Kier molecular flexibility index (Phi) is 11.5. The second-order valence-electron chi connectivity index (χ2n) is 16.0. The van der Waals surface area contributed by atoms with Crippen molar-refractivity contribution in [2.24, 2.45) is 0 Å². The summed E-state index contributed by atoms with van der Waals surface area (Å²) in [5, 5.41) is 8.87. The van der Waals surface area contributed by atoms with Crippen LogP contribution in [0.1, 0.15) is 114 Å². The molecule has 5 amide bonds. The van der Waals surface area contributed by atoms with Crippen molar-refractivity contribution in [3.63, 3.8) is 0 Å². The second-order valence-corrected chi connectivity index (χ2v) is 16.0. The van der Waals surface area contributed by atoms with Gasteiger partial charge in [0.05, 0.1) is 34.3 Å². The van der Waals surface area contributed by atoms with Crippen LogP contribution in [0.2, 0.25) is 0 Å². The number of rotatable bonds is 13. The van der Waals surface area contributed by atoms with E-state index >= 15 is 0 Å². The molecule has 6 heterocycles.